The minimum atomic E-state index is -5.26. The summed E-state index contributed by atoms with van der Waals surface area (Å²) in [5.74, 6) is -0.194. The molecule has 0 radical (unpaired) electrons. The fourth-order valence-electron chi connectivity index (χ4n) is 2.39. The largest absolute Gasteiger partial charge is 1.00 e. The molecule has 2 aromatic heterocycles. The maximum absolute atomic E-state index is 11.7. The van der Waals surface area contributed by atoms with Crippen molar-refractivity contribution in [2.45, 2.75) is 24.5 Å². The van der Waals surface area contributed by atoms with Crippen molar-refractivity contribution in [1.82, 2.24) is 19.5 Å². The zero-order chi connectivity index (χ0) is 17.6. The number of phosphoric acid groups is 1. The maximum atomic E-state index is 11.7. The molecular formula is C10H26N5Na2O15P. The van der Waals surface area contributed by atoms with Gasteiger partial charge in [-0.05, 0) is 0 Å². The summed E-state index contributed by atoms with van der Waals surface area (Å²) >= 11 is 0. The molecule has 3 heterocycles. The number of phosphoric ester groups is 1. The van der Waals surface area contributed by atoms with Gasteiger partial charge in [-0.1, -0.05) is 0 Å². The van der Waals surface area contributed by atoms with Crippen LogP contribution in [0.25, 0.3) is 11.2 Å². The zero-order valence-corrected chi connectivity index (χ0v) is 22.2. The Morgan fingerprint density at radius 3 is 2.12 bits per heavy atom. The molecule has 0 saturated carbocycles. The number of nitrogens with one attached hydrogen (secondary N) is 1. The molecule has 3 rings (SSSR count). The predicted octanol–water partition coefficient (Wildman–Crippen LogP) is -15.6. The van der Waals surface area contributed by atoms with Crippen molar-refractivity contribution in [3.63, 3.8) is 0 Å². The van der Waals surface area contributed by atoms with E-state index in [9.17, 15) is 29.4 Å². The standard InChI is InChI=1S/C10H14N5O8P.2Na.7H2O/c11-10-13-7-4(8(18)14-10)12-2-15(7)9-6(17)5(16)3(23-9)1-22-24(19,20)21;;;;;;;;;/h2-3,5-6,9,16-17H,1H2,(H2,19,20,21)(H3,11,13,14,18);;;7*1H2/q;2*+1;;;;;;;/p-2/t3-,5-,6-,9-;;;;;;;;;/m1........./s1. The first-order valence-electron chi connectivity index (χ1n) is 6.58. The molecule has 1 aliphatic rings. The van der Waals surface area contributed by atoms with E-state index < -0.39 is 44.5 Å². The van der Waals surface area contributed by atoms with E-state index in [1.54, 1.807) is 0 Å². The molecule has 20 nitrogen and oxygen atoms in total. The number of H-pyrrole nitrogens is 1. The van der Waals surface area contributed by atoms with Gasteiger partial charge in [-0.15, -0.1) is 0 Å². The summed E-state index contributed by atoms with van der Waals surface area (Å²) in [7, 11) is -5.26. The summed E-state index contributed by atoms with van der Waals surface area (Å²) in [6.07, 6.45) is -4.46. The second-order valence-electron chi connectivity index (χ2n) is 5.06. The molecule has 23 heteroatoms. The quantitative estimate of drug-likeness (QED) is 0.211. The van der Waals surface area contributed by atoms with E-state index in [4.69, 9.17) is 10.5 Å². The Kier molecular flexibility index (Phi) is 28.9. The molecule has 4 atom stereocenters. The summed E-state index contributed by atoms with van der Waals surface area (Å²) in [5, 5.41) is 20.0. The van der Waals surface area contributed by atoms with Gasteiger partial charge in [0.25, 0.3) is 5.56 Å². The van der Waals surface area contributed by atoms with Gasteiger partial charge in [0, 0.05) is 0 Å². The second kappa shape index (κ2) is 19.1. The summed E-state index contributed by atoms with van der Waals surface area (Å²) in [4.78, 5) is 42.7. The first kappa shape index (κ1) is 49.9. The Bertz CT molecular complexity index is 880. The van der Waals surface area contributed by atoms with Crippen molar-refractivity contribution in [1.29, 1.82) is 0 Å². The van der Waals surface area contributed by atoms with Gasteiger partial charge in [0.1, 0.15) is 18.3 Å². The zero-order valence-electron chi connectivity index (χ0n) is 17.3. The van der Waals surface area contributed by atoms with E-state index in [0.717, 1.165) is 10.9 Å². The van der Waals surface area contributed by atoms with Gasteiger partial charge in [0.05, 0.1) is 20.8 Å². The fraction of sp³-hybridized carbons (Fsp3) is 0.500. The Labute approximate surface area is 228 Å². The molecular weight excluding hydrogens is 507 g/mol. The minimum absolute atomic E-state index is 0. The topological polar surface area (TPSA) is 432 Å². The number of nitrogen functional groups attached to an aromatic ring is 1. The van der Waals surface area contributed by atoms with Crippen molar-refractivity contribution in [2.75, 3.05) is 12.3 Å². The number of aliphatic hydroxyl groups is 2. The molecule has 0 aliphatic carbocycles. The monoisotopic (exact) mass is 533 g/mol. The molecule has 0 aromatic carbocycles. The normalized spacial score (nSPS) is 20.2. The molecule has 0 amide bonds. The molecule has 19 N–H and O–H groups in total. The maximum Gasteiger partial charge on any atom is 1.00 e. The van der Waals surface area contributed by atoms with Crippen LogP contribution in [0.1, 0.15) is 6.23 Å². The second-order valence-corrected chi connectivity index (χ2v) is 6.22. The van der Waals surface area contributed by atoms with Crippen LogP contribution in [-0.4, -0.2) is 93.0 Å². The van der Waals surface area contributed by atoms with Gasteiger partial charge >= 0.3 is 59.1 Å². The number of imidazole rings is 1. The van der Waals surface area contributed by atoms with Gasteiger partial charge < -0.3 is 77.9 Å². The van der Waals surface area contributed by atoms with Crippen LogP contribution in [0.3, 0.4) is 0 Å². The number of aromatic amines is 1. The smallest absolute Gasteiger partial charge is 0.790 e. The average Bonchev–Trinajstić information content (AvgIpc) is 3.00. The van der Waals surface area contributed by atoms with Crippen LogP contribution in [0.2, 0.25) is 0 Å². The van der Waals surface area contributed by atoms with Crippen molar-refractivity contribution in [3.8, 4) is 0 Å². The van der Waals surface area contributed by atoms with E-state index in [1.807, 2.05) is 0 Å². The Morgan fingerprint density at radius 2 is 1.64 bits per heavy atom. The number of nitrogens with two attached hydrogens (primary N) is 1. The van der Waals surface area contributed by atoms with Crippen molar-refractivity contribution < 1.29 is 131 Å². The van der Waals surface area contributed by atoms with Crippen molar-refractivity contribution in [2.24, 2.45) is 0 Å². The summed E-state index contributed by atoms with van der Waals surface area (Å²) in [6.45, 7) is -0.776. The number of fused-ring (bicyclic) bond motifs is 1. The number of aliphatic hydroxyl groups excluding tert-OH is 2. The molecule has 1 fully saturated rings. The van der Waals surface area contributed by atoms with Crippen molar-refractivity contribution in [3.05, 3.63) is 16.7 Å². The van der Waals surface area contributed by atoms with E-state index in [-0.39, 0.29) is 115 Å². The number of hydrogen-bond acceptors (Lipinski definition) is 11. The van der Waals surface area contributed by atoms with Crippen LogP contribution in [0.15, 0.2) is 11.1 Å². The Balaban J connectivity index is -0.000000150. The molecule has 2 aromatic rings. The van der Waals surface area contributed by atoms with E-state index in [1.165, 1.54) is 0 Å². The van der Waals surface area contributed by atoms with E-state index in [0.29, 0.717) is 0 Å². The van der Waals surface area contributed by atoms with Crippen LogP contribution < -0.4 is 80.2 Å². The third-order valence-electron chi connectivity index (χ3n) is 3.46. The first-order chi connectivity index (χ1) is 11.2. The van der Waals surface area contributed by atoms with Gasteiger partial charge in [0.2, 0.25) is 5.95 Å². The van der Waals surface area contributed by atoms with Gasteiger partial charge in [-0.25, -0.2) is 4.98 Å². The molecule has 188 valence electrons. The SMILES string of the molecule is Nc1nc2c(ncn2[C@@H]2O[C@H](COP(=O)([O-])[O-])[C@@H](O)[C@H]2O)c(=O)[nH]1.O.O.O.O.O.O.O.[Na+].[Na+]. The molecule has 0 spiro atoms. The number of hydrogen-bond donors (Lipinski definition) is 4. The summed E-state index contributed by atoms with van der Waals surface area (Å²) in [5.41, 5.74) is 4.77. The van der Waals surface area contributed by atoms with E-state index in [2.05, 4.69) is 19.5 Å². The van der Waals surface area contributed by atoms with Gasteiger partial charge in [0.15, 0.2) is 17.4 Å². The number of ether oxygens (including phenoxy) is 1. The summed E-state index contributed by atoms with van der Waals surface area (Å²) in [6, 6.07) is 0. The van der Waals surface area contributed by atoms with Crippen LogP contribution in [0.4, 0.5) is 5.95 Å². The number of nitrogens with zero attached hydrogens (tertiary/aromatic N) is 3. The number of anilines is 1. The Morgan fingerprint density at radius 1 is 1.12 bits per heavy atom. The number of rotatable bonds is 4. The van der Waals surface area contributed by atoms with Crippen molar-refractivity contribution >= 4 is 24.9 Å². The van der Waals surface area contributed by atoms with Gasteiger partial charge in [-0.3, -0.25) is 14.3 Å². The van der Waals surface area contributed by atoms with E-state index >= 15 is 0 Å². The first-order valence-corrected chi connectivity index (χ1v) is 8.04. The van der Waals surface area contributed by atoms with Gasteiger partial charge in [-0.2, -0.15) is 4.98 Å². The van der Waals surface area contributed by atoms with Crippen LogP contribution >= 0.6 is 7.82 Å². The average molecular weight is 533 g/mol. The van der Waals surface area contributed by atoms with Crippen LogP contribution in [-0.2, 0) is 13.8 Å². The van der Waals surface area contributed by atoms with Crippen LogP contribution in [0, 0.1) is 0 Å². The number of aromatic nitrogens is 4. The third-order valence-corrected chi connectivity index (χ3v) is 3.92. The Hall–Kier alpha value is -0.140. The fourth-order valence-corrected chi connectivity index (χ4v) is 2.72. The molecule has 0 bridgehead atoms. The molecule has 33 heavy (non-hydrogen) atoms. The predicted molar refractivity (Wildman–Crippen MR) is 97.3 cm³/mol. The summed E-state index contributed by atoms with van der Waals surface area (Å²) < 4.78 is 21.0. The third kappa shape index (κ3) is 11.0. The molecule has 1 aliphatic heterocycles. The molecule has 1 saturated heterocycles. The molecule has 0 unspecified atom stereocenters. The van der Waals surface area contributed by atoms with Crippen LogP contribution in [0.5, 0.6) is 0 Å². The minimum Gasteiger partial charge on any atom is -0.790 e.